The Morgan fingerprint density at radius 1 is 1.26 bits per heavy atom. The second kappa shape index (κ2) is 9.73. The average Bonchev–Trinajstić information content (AvgIpc) is 3.49. The molecule has 1 N–H and O–H groups in total. The van der Waals surface area contributed by atoms with E-state index in [-0.39, 0.29) is 17.6 Å². The summed E-state index contributed by atoms with van der Waals surface area (Å²) in [5.41, 5.74) is 1.58. The van der Waals surface area contributed by atoms with Gasteiger partial charge in [0.2, 0.25) is 5.91 Å². The topological polar surface area (TPSA) is 86.1 Å². The number of carbonyl (C=O) groups excluding carboxylic acids is 2. The lowest BCUT2D eigenvalue weighted by Gasteiger charge is -2.18. The van der Waals surface area contributed by atoms with Gasteiger partial charge in [-0.25, -0.2) is 4.79 Å². The van der Waals surface area contributed by atoms with Gasteiger partial charge in [0.05, 0.1) is 18.4 Å². The minimum Gasteiger partial charge on any atom is -0.465 e. The molecule has 0 radical (unpaired) electrons. The molecular formula is C22H30N4O3S2. The second-order valence-corrected chi connectivity index (χ2v) is 10.5. The van der Waals surface area contributed by atoms with Crippen LogP contribution in [-0.2, 0) is 28.9 Å². The average molecular weight is 463 g/mol. The van der Waals surface area contributed by atoms with E-state index >= 15 is 0 Å². The minimum atomic E-state index is -0.373. The van der Waals surface area contributed by atoms with Crippen molar-refractivity contribution in [2.75, 3.05) is 18.2 Å². The molecule has 2 aromatic heterocycles. The smallest absolute Gasteiger partial charge is 0.341 e. The molecular weight excluding hydrogens is 432 g/mol. The lowest BCUT2D eigenvalue weighted by molar-refractivity contribution is -0.113. The van der Waals surface area contributed by atoms with Crippen molar-refractivity contribution >= 4 is 40.0 Å². The molecule has 2 aromatic rings. The maximum absolute atomic E-state index is 12.8. The number of nitrogens with one attached hydrogen (secondary N) is 1. The van der Waals surface area contributed by atoms with E-state index in [0.29, 0.717) is 22.4 Å². The van der Waals surface area contributed by atoms with Gasteiger partial charge in [0.25, 0.3) is 0 Å². The van der Waals surface area contributed by atoms with Crippen LogP contribution in [0.3, 0.4) is 0 Å². The summed E-state index contributed by atoms with van der Waals surface area (Å²) in [6, 6.07) is 0. The highest BCUT2D eigenvalue weighted by Gasteiger charge is 2.29. The number of nitrogens with zero attached hydrogens (tertiary/aromatic N) is 3. The molecule has 0 aromatic carbocycles. The van der Waals surface area contributed by atoms with E-state index in [0.717, 1.165) is 42.4 Å². The first-order valence-electron chi connectivity index (χ1n) is 11.1. The van der Waals surface area contributed by atoms with Gasteiger partial charge in [-0.2, -0.15) is 0 Å². The third-order valence-corrected chi connectivity index (χ3v) is 8.41. The normalized spacial score (nSPS) is 18.7. The molecule has 4 rings (SSSR count). The van der Waals surface area contributed by atoms with Crippen LogP contribution in [0.15, 0.2) is 5.16 Å². The highest BCUT2D eigenvalue weighted by atomic mass is 32.2. The summed E-state index contributed by atoms with van der Waals surface area (Å²) in [6.07, 6.45) is 7.68. The van der Waals surface area contributed by atoms with Crippen molar-refractivity contribution in [3.63, 3.8) is 0 Å². The zero-order valence-electron chi connectivity index (χ0n) is 18.4. The van der Waals surface area contributed by atoms with Crippen LogP contribution in [0.4, 0.5) is 5.00 Å². The number of hydrogen-bond acceptors (Lipinski definition) is 7. The van der Waals surface area contributed by atoms with Crippen molar-refractivity contribution in [1.82, 2.24) is 14.8 Å². The Bertz CT molecular complexity index is 962. The molecule has 1 amide bonds. The Kier molecular flexibility index (Phi) is 7.01. The van der Waals surface area contributed by atoms with E-state index in [2.05, 4.69) is 33.9 Å². The summed E-state index contributed by atoms with van der Waals surface area (Å²) < 4.78 is 7.15. The maximum atomic E-state index is 12.8. The molecule has 0 aliphatic heterocycles. The molecule has 0 bridgehead atoms. The lowest BCUT2D eigenvalue weighted by Crippen LogP contribution is -2.17. The number of thioether (sulfide) groups is 1. The first-order valence-corrected chi connectivity index (χ1v) is 12.9. The Balaban J connectivity index is 1.46. The monoisotopic (exact) mass is 462 g/mol. The number of ether oxygens (including phenoxy) is 1. The van der Waals surface area contributed by atoms with E-state index in [1.54, 1.807) is 0 Å². The number of fused-ring (bicyclic) bond motifs is 1. The third kappa shape index (κ3) is 4.67. The largest absolute Gasteiger partial charge is 0.465 e. The molecule has 2 aliphatic carbocycles. The zero-order valence-corrected chi connectivity index (χ0v) is 20.0. The number of rotatable bonds is 7. The Morgan fingerprint density at radius 2 is 2.03 bits per heavy atom. The molecule has 2 aliphatic rings. The lowest BCUT2D eigenvalue weighted by atomic mass is 9.88. The van der Waals surface area contributed by atoms with Crippen LogP contribution >= 0.6 is 23.1 Å². The van der Waals surface area contributed by atoms with Crippen molar-refractivity contribution in [3.05, 3.63) is 21.8 Å². The molecule has 0 saturated heterocycles. The van der Waals surface area contributed by atoms with Crippen LogP contribution in [0, 0.1) is 5.92 Å². The van der Waals surface area contributed by atoms with Crippen molar-refractivity contribution in [1.29, 1.82) is 0 Å². The van der Waals surface area contributed by atoms with Gasteiger partial charge in [-0.15, -0.1) is 21.5 Å². The van der Waals surface area contributed by atoms with Gasteiger partial charge in [0.15, 0.2) is 5.16 Å². The first-order chi connectivity index (χ1) is 15.0. The molecule has 2 heterocycles. The number of hydrogen-bond donors (Lipinski definition) is 1. The Hall–Kier alpha value is -1.87. The van der Waals surface area contributed by atoms with Gasteiger partial charge in [-0.1, -0.05) is 31.5 Å². The maximum Gasteiger partial charge on any atom is 0.341 e. The number of thiophene rings is 1. The number of esters is 1. The third-order valence-electron chi connectivity index (χ3n) is 6.27. The molecule has 1 unspecified atom stereocenters. The van der Waals surface area contributed by atoms with Crippen molar-refractivity contribution in [2.45, 2.75) is 76.4 Å². The first kappa shape index (κ1) is 22.3. The van der Waals surface area contributed by atoms with E-state index in [1.807, 2.05) is 0 Å². The highest BCUT2D eigenvalue weighted by Crippen LogP contribution is 2.40. The fourth-order valence-corrected chi connectivity index (χ4v) is 6.86. The van der Waals surface area contributed by atoms with Crippen LogP contribution < -0.4 is 5.32 Å². The van der Waals surface area contributed by atoms with Gasteiger partial charge in [-0.05, 0) is 50.5 Å². The van der Waals surface area contributed by atoms with Gasteiger partial charge in [0.1, 0.15) is 10.8 Å². The van der Waals surface area contributed by atoms with Gasteiger partial charge in [0, 0.05) is 17.3 Å². The molecule has 168 valence electrons. The van der Waals surface area contributed by atoms with Crippen LogP contribution in [-0.4, -0.2) is 39.5 Å². The van der Waals surface area contributed by atoms with Crippen LogP contribution in [0.25, 0.3) is 0 Å². The van der Waals surface area contributed by atoms with Crippen molar-refractivity contribution in [2.24, 2.45) is 5.92 Å². The quantitative estimate of drug-likeness (QED) is 0.476. The molecule has 31 heavy (non-hydrogen) atoms. The fourth-order valence-electron chi connectivity index (χ4n) is 4.64. The van der Waals surface area contributed by atoms with Gasteiger partial charge >= 0.3 is 5.97 Å². The van der Waals surface area contributed by atoms with Crippen LogP contribution in [0.5, 0.6) is 0 Å². The van der Waals surface area contributed by atoms with Crippen LogP contribution in [0.2, 0.25) is 0 Å². The molecule has 1 fully saturated rings. The van der Waals surface area contributed by atoms with Gasteiger partial charge < -0.3 is 14.6 Å². The predicted octanol–water partition coefficient (Wildman–Crippen LogP) is 4.66. The fraction of sp³-hybridized carbons (Fsp3) is 0.636. The van der Waals surface area contributed by atoms with E-state index in [4.69, 9.17) is 4.74 Å². The number of carbonyl (C=O) groups is 2. The highest BCUT2D eigenvalue weighted by molar-refractivity contribution is 7.99. The number of methoxy groups -OCH3 is 1. The van der Waals surface area contributed by atoms with E-state index < -0.39 is 0 Å². The summed E-state index contributed by atoms with van der Waals surface area (Å²) in [5, 5.41) is 13.2. The van der Waals surface area contributed by atoms with Crippen molar-refractivity contribution < 1.29 is 14.3 Å². The summed E-state index contributed by atoms with van der Waals surface area (Å²) in [5.74, 6) is 1.83. The molecule has 7 nitrogen and oxygen atoms in total. The summed E-state index contributed by atoms with van der Waals surface area (Å²) in [7, 11) is 1.39. The number of aromatic nitrogens is 3. The second-order valence-electron chi connectivity index (χ2n) is 8.45. The Morgan fingerprint density at radius 3 is 2.74 bits per heavy atom. The zero-order chi connectivity index (χ0) is 22.0. The molecule has 0 spiro atoms. The summed E-state index contributed by atoms with van der Waals surface area (Å²) in [6.45, 7) is 5.11. The number of anilines is 1. The van der Waals surface area contributed by atoms with E-state index in [1.165, 1.54) is 60.8 Å². The summed E-state index contributed by atoms with van der Waals surface area (Å²) >= 11 is 2.91. The summed E-state index contributed by atoms with van der Waals surface area (Å²) in [4.78, 5) is 26.4. The van der Waals surface area contributed by atoms with Crippen molar-refractivity contribution in [3.8, 4) is 0 Å². The van der Waals surface area contributed by atoms with Gasteiger partial charge in [-0.3, -0.25) is 4.79 Å². The Labute approximate surface area is 191 Å². The minimum absolute atomic E-state index is 0.144. The van der Waals surface area contributed by atoms with Crippen LogP contribution in [0.1, 0.15) is 78.5 Å². The molecule has 1 atom stereocenters. The standard InChI is InChI=1S/C22H30N4O3S2/c1-4-26-19(14-7-5-6-8-14)24-25-22(26)30-12-17(27)23-20-18(21(28)29-3)15-10-9-13(2)11-16(15)31-20/h13-14H,4-12H2,1-3H3,(H,23,27). The number of amides is 1. The molecule has 9 heteroatoms. The molecule has 1 saturated carbocycles. The predicted molar refractivity (Wildman–Crippen MR) is 123 cm³/mol. The SMILES string of the molecule is CCn1c(SCC(=O)Nc2sc3c(c2C(=O)OC)CCC(C)C3)nnc1C1CCCC1. The van der Waals surface area contributed by atoms with E-state index in [9.17, 15) is 9.59 Å².